The van der Waals surface area contributed by atoms with Crippen molar-refractivity contribution in [2.75, 3.05) is 26.2 Å². The summed E-state index contributed by atoms with van der Waals surface area (Å²) in [7, 11) is 0. The van der Waals surface area contributed by atoms with Gasteiger partial charge < -0.3 is 10.1 Å². The summed E-state index contributed by atoms with van der Waals surface area (Å²) in [6.45, 7) is 8.81. The van der Waals surface area contributed by atoms with Gasteiger partial charge in [0.1, 0.15) is 5.72 Å². The molecule has 0 saturated carbocycles. The minimum absolute atomic E-state index is 0.0610. The van der Waals surface area contributed by atoms with Crippen LogP contribution in [0.3, 0.4) is 0 Å². The molecule has 0 aromatic rings. The highest BCUT2D eigenvalue weighted by molar-refractivity contribution is 4.83. The zero-order chi connectivity index (χ0) is 10.7. The van der Waals surface area contributed by atoms with Crippen molar-refractivity contribution in [2.45, 2.75) is 38.8 Å². The number of rotatable bonds is 2. The highest BCUT2D eigenvalue weighted by Gasteiger charge is 2.32. The van der Waals surface area contributed by atoms with Gasteiger partial charge in [-0.1, -0.05) is 6.92 Å². The van der Waals surface area contributed by atoms with Gasteiger partial charge in [-0.05, 0) is 51.1 Å². The highest BCUT2D eigenvalue weighted by atomic mass is 16.5. The molecule has 0 bridgehead atoms. The van der Waals surface area contributed by atoms with E-state index in [2.05, 4.69) is 24.5 Å². The third-order valence-corrected chi connectivity index (χ3v) is 3.65. The molecular weight excluding hydrogens is 188 g/mol. The molecule has 2 heterocycles. The molecule has 0 amide bonds. The summed E-state index contributed by atoms with van der Waals surface area (Å²) in [6, 6.07) is 0. The van der Waals surface area contributed by atoms with Crippen molar-refractivity contribution in [1.29, 1.82) is 0 Å². The van der Waals surface area contributed by atoms with Crippen molar-refractivity contribution >= 4 is 0 Å². The summed E-state index contributed by atoms with van der Waals surface area (Å²) in [4.78, 5) is 0. The van der Waals surface area contributed by atoms with E-state index in [9.17, 15) is 0 Å². The lowest BCUT2D eigenvalue weighted by atomic mass is 9.89. The van der Waals surface area contributed by atoms with Gasteiger partial charge >= 0.3 is 0 Å². The second kappa shape index (κ2) is 4.81. The first kappa shape index (κ1) is 11.4. The molecule has 3 nitrogen and oxygen atoms in total. The Kier molecular flexibility index (Phi) is 3.65. The first-order chi connectivity index (χ1) is 7.18. The van der Waals surface area contributed by atoms with Crippen molar-refractivity contribution < 1.29 is 4.74 Å². The van der Waals surface area contributed by atoms with Crippen molar-refractivity contribution in [3.05, 3.63) is 0 Å². The van der Waals surface area contributed by atoms with Crippen LogP contribution in [0.5, 0.6) is 0 Å². The molecule has 2 N–H and O–H groups in total. The van der Waals surface area contributed by atoms with E-state index in [-0.39, 0.29) is 5.72 Å². The van der Waals surface area contributed by atoms with E-state index in [4.69, 9.17) is 4.74 Å². The summed E-state index contributed by atoms with van der Waals surface area (Å²) >= 11 is 0. The minimum atomic E-state index is -0.0610. The van der Waals surface area contributed by atoms with Gasteiger partial charge in [0.25, 0.3) is 0 Å². The standard InChI is InChI=1S/C12H24N2O/c1-10-8-14-12(2,15-9-10)7-11-3-5-13-6-4-11/h10-11,13-14H,3-9H2,1-2H3. The fraction of sp³-hybridized carbons (Fsp3) is 1.00. The van der Waals surface area contributed by atoms with Crippen molar-refractivity contribution in [1.82, 2.24) is 10.6 Å². The Hall–Kier alpha value is -0.120. The van der Waals surface area contributed by atoms with Crippen molar-refractivity contribution in [2.24, 2.45) is 11.8 Å². The number of nitrogens with one attached hydrogen (secondary N) is 2. The maximum absolute atomic E-state index is 5.95. The normalized spacial score (nSPS) is 39.2. The molecule has 0 aromatic heterocycles. The first-order valence-electron chi connectivity index (χ1n) is 6.28. The van der Waals surface area contributed by atoms with Gasteiger partial charge in [-0.2, -0.15) is 0 Å². The van der Waals surface area contributed by atoms with E-state index in [1.165, 1.54) is 32.4 Å². The lowest BCUT2D eigenvalue weighted by Crippen LogP contribution is -2.53. The summed E-state index contributed by atoms with van der Waals surface area (Å²) in [5, 5.41) is 6.96. The van der Waals surface area contributed by atoms with Crippen LogP contribution in [0.4, 0.5) is 0 Å². The van der Waals surface area contributed by atoms with Crippen LogP contribution in [0.1, 0.15) is 33.1 Å². The second-order valence-corrected chi connectivity index (χ2v) is 5.43. The van der Waals surface area contributed by atoms with E-state index >= 15 is 0 Å². The lowest BCUT2D eigenvalue weighted by Gasteiger charge is -2.40. The monoisotopic (exact) mass is 212 g/mol. The highest BCUT2D eigenvalue weighted by Crippen LogP contribution is 2.27. The number of hydrogen-bond acceptors (Lipinski definition) is 3. The third-order valence-electron chi connectivity index (χ3n) is 3.65. The van der Waals surface area contributed by atoms with E-state index in [1.807, 2.05) is 0 Å². The molecule has 2 aliphatic rings. The van der Waals surface area contributed by atoms with Gasteiger partial charge in [0.05, 0.1) is 6.61 Å². The molecule has 2 atom stereocenters. The molecule has 2 rings (SSSR count). The Morgan fingerprint density at radius 2 is 2.07 bits per heavy atom. The Morgan fingerprint density at radius 1 is 1.33 bits per heavy atom. The zero-order valence-electron chi connectivity index (χ0n) is 10.0. The van der Waals surface area contributed by atoms with Crippen LogP contribution < -0.4 is 10.6 Å². The number of hydrogen-bond donors (Lipinski definition) is 2. The van der Waals surface area contributed by atoms with Gasteiger partial charge in [-0.3, -0.25) is 5.32 Å². The van der Waals surface area contributed by atoms with Gasteiger partial charge in [0.2, 0.25) is 0 Å². The van der Waals surface area contributed by atoms with E-state index in [1.54, 1.807) is 0 Å². The molecule has 2 fully saturated rings. The maximum Gasteiger partial charge on any atom is 0.116 e. The number of ether oxygens (including phenoxy) is 1. The van der Waals surface area contributed by atoms with Crippen molar-refractivity contribution in [3.63, 3.8) is 0 Å². The zero-order valence-corrected chi connectivity index (χ0v) is 10.0. The molecule has 88 valence electrons. The van der Waals surface area contributed by atoms with Crippen LogP contribution in [0.2, 0.25) is 0 Å². The molecule has 0 aliphatic carbocycles. The summed E-state index contributed by atoms with van der Waals surface area (Å²) in [5.74, 6) is 1.49. The van der Waals surface area contributed by atoms with Crippen LogP contribution in [-0.4, -0.2) is 32.0 Å². The summed E-state index contributed by atoms with van der Waals surface area (Å²) < 4.78 is 5.95. The van der Waals surface area contributed by atoms with Crippen LogP contribution in [0.15, 0.2) is 0 Å². The largest absolute Gasteiger partial charge is 0.361 e. The average Bonchev–Trinajstić information content (AvgIpc) is 2.24. The number of piperidine rings is 1. The molecule has 0 spiro atoms. The molecule has 0 aromatic carbocycles. The summed E-state index contributed by atoms with van der Waals surface area (Å²) in [5.41, 5.74) is -0.0610. The molecule has 2 unspecified atom stereocenters. The Morgan fingerprint density at radius 3 is 2.67 bits per heavy atom. The third kappa shape index (κ3) is 3.16. The smallest absolute Gasteiger partial charge is 0.116 e. The first-order valence-corrected chi connectivity index (χ1v) is 6.28. The predicted molar refractivity (Wildman–Crippen MR) is 61.7 cm³/mol. The Bertz CT molecular complexity index is 194. The van der Waals surface area contributed by atoms with E-state index < -0.39 is 0 Å². The fourth-order valence-corrected chi connectivity index (χ4v) is 2.59. The summed E-state index contributed by atoms with van der Waals surface area (Å²) in [6.07, 6.45) is 3.77. The van der Waals surface area contributed by atoms with E-state index in [0.29, 0.717) is 5.92 Å². The van der Waals surface area contributed by atoms with Gasteiger partial charge in [-0.25, -0.2) is 0 Å². The molecule has 3 heteroatoms. The minimum Gasteiger partial charge on any atom is -0.361 e. The Labute approximate surface area is 93.0 Å². The van der Waals surface area contributed by atoms with E-state index in [0.717, 1.165) is 19.1 Å². The fourth-order valence-electron chi connectivity index (χ4n) is 2.59. The quantitative estimate of drug-likeness (QED) is 0.725. The van der Waals surface area contributed by atoms with Gasteiger partial charge in [0.15, 0.2) is 0 Å². The van der Waals surface area contributed by atoms with Crippen LogP contribution in [0.25, 0.3) is 0 Å². The average molecular weight is 212 g/mol. The van der Waals surface area contributed by atoms with Crippen LogP contribution in [0, 0.1) is 11.8 Å². The van der Waals surface area contributed by atoms with Gasteiger partial charge in [-0.15, -0.1) is 0 Å². The topological polar surface area (TPSA) is 33.3 Å². The maximum atomic E-state index is 5.95. The molecule has 0 radical (unpaired) electrons. The molecular formula is C12H24N2O. The predicted octanol–water partition coefficient (Wildman–Crippen LogP) is 1.35. The molecule has 2 aliphatic heterocycles. The van der Waals surface area contributed by atoms with Crippen molar-refractivity contribution in [3.8, 4) is 0 Å². The Balaban J connectivity index is 1.81. The molecule has 15 heavy (non-hydrogen) atoms. The molecule has 2 saturated heterocycles. The second-order valence-electron chi connectivity index (χ2n) is 5.43. The van der Waals surface area contributed by atoms with Gasteiger partial charge in [0, 0.05) is 6.54 Å². The SMILES string of the molecule is CC1CNC(C)(CC2CCNCC2)OC1. The van der Waals surface area contributed by atoms with Crippen LogP contribution in [-0.2, 0) is 4.74 Å². The lowest BCUT2D eigenvalue weighted by molar-refractivity contribution is -0.114. The van der Waals surface area contributed by atoms with Crippen LogP contribution >= 0.6 is 0 Å².